The van der Waals surface area contributed by atoms with Gasteiger partial charge in [0.05, 0.1) is 0 Å². The molecule has 102 valence electrons. The number of benzene rings is 1. The lowest BCUT2D eigenvalue weighted by molar-refractivity contribution is 0.764. The number of halogens is 2. The van der Waals surface area contributed by atoms with Crippen molar-refractivity contribution in [2.45, 2.75) is 26.2 Å². The Labute approximate surface area is 131 Å². The number of hydrogen-bond donors (Lipinski definition) is 2. The molecule has 1 rings (SSSR count). The van der Waals surface area contributed by atoms with E-state index in [1.54, 1.807) is 0 Å². The van der Waals surface area contributed by atoms with Crippen molar-refractivity contribution in [3.63, 3.8) is 0 Å². The molecule has 0 radical (unpaired) electrons. The lowest BCUT2D eigenvalue weighted by Crippen LogP contribution is -2.32. The second kappa shape index (κ2) is 10.4. The molecule has 0 atom stereocenters. The lowest BCUT2D eigenvalue weighted by Gasteiger charge is -2.05. The third-order valence-corrected chi connectivity index (χ3v) is 2.62. The Morgan fingerprint density at radius 2 is 2.00 bits per heavy atom. The Morgan fingerprint density at radius 3 is 2.61 bits per heavy atom. The van der Waals surface area contributed by atoms with Crippen LogP contribution >= 0.6 is 35.6 Å². The summed E-state index contributed by atoms with van der Waals surface area (Å²) in [6, 6.07) is 7.94. The van der Waals surface area contributed by atoms with Crippen LogP contribution < -0.4 is 11.1 Å². The predicted molar refractivity (Wildman–Crippen MR) is 90.0 cm³/mol. The van der Waals surface area contributed by atoms with E-state index in [-0.39, 0.29) is 24.0 Å². The van der Waals surface area contributed by atoms with Crippen LogP contribution in [0.1, 0.15) is 25.3 Å². The first-order chi connectivity index (χ1) is 8.22. The number of aryl methyl sites for hydroxylation is 1. The van der Waals surface area contributed by atoms with Crippen molar-refractivity contribution in [3.05, 3.63) is 34.9 Å². The van der Waals surface area contributed by atoms with E-state index >= 15 is 0 Å². The minimum atomic E-state index is 0. The maximum absolute atomic E-state index is 5.82. The first-order valence-corrected chi connectivity index (χ1v) is 6.38. The molecule has 1 aromatic carbocycles. The van der Waals surface area contributed by atoms with Gasteiger partial charge in [-0.05, 0) is 37.0 Å². The molecule has 0 aliphatic rings. The average Bonchev–Trinajstić information content (AvgIpc) is 2.34. The zero-order valence-electron chi connectivity index (χ0n) is 10.7. The van der Waals surface area contributed by atoms with Gasteiger partial charge in [-0.15, -0.1) is 24.0 Å². The third-order valence-electron chi connectivity index (χ3n) is 2.37. The molecule has 5 heteroatoms. The van der Waals surface area contributed by atoms with Crippen molar-refractivity contribution in [2.75, 3.05) is 13.1 Å². The van der Waals surface area contributed by atoms with Crippen LogP contribution in [0.4, 0.5) is 0 Å². The van der Waals surface area contributed by atoms with E-state index in [9.17, 15) is 0 Å². The van der Waals surface area contributed by atoms with Gasteiger partial charge in [-0.3, -0.25) is 4.99 Å². The monoisotopic (exact) mass is 381 g/mol. The van der Waals surface area contributed by atoms with Gasteiger partial charge in [0.15, 0.2) is 5.96 Å². The van der Waals surface area contributed by atoms with E-state index in [1.165, 1.54) is 5.56 Å². The van der Waals surface area contributed by atoms with Crippen LogP contribution in [0.15, 0.2) is 29.3 Å². The quantitative estimate of drug-likeness (QED) is 0.344. The molecule has 0 unspecified atom stereocenters. The molecule has 0 saturated heterocycles. The molecule has 1 aromatic rings. The minimum absolute atomic E-state index is 0. The Balaban J connectivity index is 0.00000289. The van der Waals surface area contributed by atoms with Gasteiger partial charge in [0.25, 0.3) is 0 Å². The first kappa shape index (κ1) is 17.5. The molecule has 0 aliphatic carbocycles. The van der Waals surface area contributed by atoms with E-state index in [0.717, 1.165) is 37.4 Å². The summed E-state index contributed by atoms with van der Waals surface area (Å²) >= 11 is 5.82. The van der Waals surface area contributed by atoms with Gasteiger partial charge in [0, 0.05) is 18.1 Å². The fraction of sp³-hybridized carbons (Fsp3) is 0.462. The zero-order chi connectivity index (χ0) is 12.5. The van der Waals surface area contributed by atoms with Crippen molar-refractivity contribution in [3.8, 4) is 0 Å². The van der Waals surface area contributed by atoms with Crippen LogP contribution in [-0.4, -0.2) is 19.0 Å². The second-order valence-corrected chi connectivity index (χ2v) is 4.36. The van der Waals surface area contributed by atoms with Crippen molar-refractivity contribution in [2.24, 2.45) is 10.7 Å². The van der Waals surface area contributed by atoms with Crippen molar-refractivity contribution < 1.29 is 0 Å². The molecule has 0 amide bonds. The van der Waals surface area contributed by atoms with E-state index in [2.05, 4.69) is 29.4 Å². The Morgan fingerprint density at radius 1 is 1.33 bits per heavy atom. The van der Waals surface area contributed by atoms with Crippen LogP contribution in [0.3, 0.4) is 0 Å². The average molecular weight is 382 g/mol. The summed E-state index contributed by atoms with van der Waals surface area (Å²) in [4.78, 5) is 4.16. The van der Waals surface area contributed by atoms with Gasteiger partial charge in [0.2, 0.25) is 0 Å². The Bertz CT molecular complexity index is 352. The van der Waals surface area contributed by atoms with Crippen molar-refractivity contribution in [1.82, 2.24) is 5.32 Å². The molecule has 3 N–H and O–H groups in total. The minimum Gasteiger partial charge on any atom is -0.370 e. The normalized spacial score (nSPS) is 10.9. The lowest BCUT2D eigenvalue weighted by atomic mass is 10.1. The molecular formula is C13H21ClIN3. The fourth-order valence-corrected chi connectivity index (χ4v) is 1.57. The second-order valence-electron chi connectivity index (χ2n) is 3.92. The van der Waals surface area contributed by atoms with E-state index in [1.807, 2.05) is 12.1 Å². The van der Waals surface area contributed by atoms with Crippen LogP contribution in [-0.2, 0) is 6.42 Å². The number of hydrogen-bond acceptors (Lipinski definition) is 1. The number of guanidine groups is 1. The highest BCUT2D eigenvalue weighted by Crippen LogP contribution is 2.10. The van der Waals surface area contributed by atoms with E-state index in [0.29, 0.717) is 5.96 Å². The maximum atomic E-state index is 5.82. The topological polar surface area (TPSA) is 50.4 Å². The van der Waals surface area contributed by atoms with Gasteiger partial charge in [-0.25, -0.2) is 0 Å². The first-order valence-electron chi connectivity index (χ1n) is 6.00. The highest BCUT2D eigenvalue weighted by molar-refractivity contribution is 14.0. The zero-order valence-corrected chi connectivity index (χ0v) is 13.7. The molecule has 0 spiro atoms. The summed E-state index contributed by atoms with van der Waals surface area (Å²) in [7, 11) is 0. The molecular weight excluding hydrogens is 361 g/mol. The fourth-order valence-electron chi connectivity index (χ4n) is 1.45. The summed E-state index contributed by atoms with van der Waals surface area (Å²) in [5.74, 6) is 0.544. The summed E-state index contributed by atoms with van der Waals surface area (Å²) in [5, 5.41) is 3.88. The van der Waals surface area contributed by atoms with Gasteiger partial charge in [-0.2, -0.15) is 0 Å². The van der Waals surface area contributed by atoms with Gasteiger partial charge < -0.3 is 11.1 Å². The highest BCUT2D eigenvalue weighted by Gasteiger charge is 1.94. The summed E-state index contributed by atoms with van der Waals surface area (Å²) < 4.78 is 0. The van der Waals surface area contributed by atoms with Crippen molar-refractivity contribution in [1.29, 1.82) is 0 Å². The van der Waals surface area contributed by atoms with Crippen molar-refractivity contribution >= 4 is 41.5 Å². The molecule has 0 fully saturated rings. The highest BCUT2D eigenvalue weighted by atomic mass is 127. The molecule has 18 heavy (non-hydrogen) atoms. The molecule has 0 bridgehead atoms. The standard InChI is InChI=1S/C13H20ClN3.HI/c1-2-9-16-13(15)17-10-3-4-11-5-7-12(14)8-6-11;/h5-8H,2-4,9-10H2,1H3,(H3,15,16,17);1H. The molecule has 0 saturated carbocycles. The number of aliphatic imine (C=N–C) groups is 1. The molecule has 0 heterocycles. The molecule has 0 aromatic heterocycles. The van der Waals surface area contributed by atoms with Gasteiger partial charge in [-0.1, -0.05) is 30.7 Å². The number of nitrogens with two attached hydrogens (primary N) is 1. The van der Waals surface area contributed by atoms with Gasteiger partial charge in [0.1, 0.15) is 0 Å². The number of nitrogens with zero attached hydrogens (tertiary/aromatic N) is 1. The largest absolute Gasteiger partial charge is 0.370 e. The number of nitrogens with one attached hydrogen (secondary N) is 1. The predicted octanol–water partition coefficient (Wildman–Crippen LogP) is 3.20. The molecule has 0 aliphatic heterocycles. The van der Waals surface area contributed by atoms with E-state index < -0.39 is 0 Å². The Kier molecular flexibility index (Phi) is 10.2. The van der Waals surface area contributed by atoms with E-state index in [4.69, 9.17) is 17.3 Å². The smallest absolute Gasteiger partial charge is 0.188 e. The maximum Gasteiger partial charge on any atom is 0.188 e. The van der Waals surface area contributed by atoms with Gasteiger partial charge >= 0.3 is 0 Å². The summed E-state index contributed by atoms with van der Waals surface area (Å²) in [6.45, 7) is 3.72. The van der Waals surface area contributed by atoms with Crippen LogP contribution in [0, 0.1) is 0 Å². The number of rotatable bonds is 6. The SMILES string of the molecule is CCCN=C(N)NCCCc1ccc(Cl)cc1.I. The van der Waals surface area contributed by atoms with Crippen LogP contribution in [0.2, 0.25) is 5.02 Å². The summed E-state index contributed by atoms with van der Waals surface area (Å²) in [5.41, 5.74) is 6.97. The van der Waals surface area contributed by atoms with Crippen LogP contribution in [0.5, 0.6) is 0 Å². The summed E-state index contributed by atoms with van der Waals surface area (Å²) in [6.07, 6.45) is 3.07. The molecule has 3 nitrogen and oxygen atoms in total. The van der Waals surface area contributed by atoms with Crippen LogP contribution in [0.25, 0.3) is 0 Å². The Hall–Kier alpha value is -0.490. The third kappa shape index (κ3) is 7.76.